The second kappa shape index (κ2) is 4.82. The van der Waals surface area contributed by atoms with Gasteiger partial charge in [-0.25, -0.2) is 4.98 Å². The summed E-state index contributed by atoms with van der Waals surface area (Å²) >= 11 is 7.15. The molecule has 0 aliphatic rings. The van der Waals surface area contributed by atoms with Gasteiger partial charge in [0.15, 0.2) is 0 Å². The van der Waals surface area contributed by atoms with E-state index >= 15 is 0 Å². The normalized spacial score (nSPS) is 12.4. The highest BCUT2D eigenvalue weighted by Gasteiger charge is 2.14. The maximum absolute atomic E-state index is 10.1. The molecule has 0 fully saturated rings. The van der Waals surface area contributed by atoms with Gasteiger partial charge < -0.3 is 9.84 Å². The van der Waals surface area contributed by atoms with Crippen LogP contribution in [0.25, 0.3) is 0 Å². The van der Waals surface area contributed by atoms with Gasteiger partial charge in [-0.15, -0.1) is 11.3 Å². The summed E-state index contributed by atoms with van der Waals surface area (Å²) in [5.41, 5.74) is 0.554. The first-order chi connectivity index (χ1) is 7.70. The smallest absolute Gasteiger partial charge is 0.213 e. The van der Waals surface area contributed by atoms with Crippen molar-refractivity contribution >= 4 is 22.9 Å². The van der Waals surface area contributed by atoms with Crippen molar-refractivity contribution in [3.05, 3.63) is 45.2 Å². The molecule has 0 saturated carbocycles. The number of aromatic nitrogens is 1. The molecule has 0 radical (unpaired) electrons. The van der Waals surface area contributed by atoms with E-state index in [4.69, 9.17) is 16.3 Å². The predicted molar refractivity (Wildman–Crippen MR) is 64.2 cm³/mol. The summed E-state index contributed by atoms with van der Waals surface area (Å²) in [6.45, 7) is 0. The largest absolute Gasteiger partial charge is 0.481 e. The zero-order valence-electron chi connectivity index (χ0n) is 8.55. The Labute approximate surface area is 102 Å². The number of hydrogen-bond donors (Lipinski definition) is 1. The molecule has 2 aromatic heterocycles. The summed E-state index contributed by atoms with van der Waals surface area (Å²) in [6.07, 6.45) is -0.757. The number of aliphatic hydroxyl groups excluding tert-OH is 1. The van der Waals surface area contributed by atoms with Crippen LogP contribution in [0.15, 0.2) is 30.3 Å². The standard InChI is InChI=1S/C11H10ClNO2S/c1-15-10-4-2-3-7(13-10)11(14)8-5-6-9(12)16-8/h2-6,11,14H,1H3. The number of pyridine rings is 1. The van der Waals surface area contributed by atoms with Crippen LogP contribution in [0.2, 0.25) is 4.34 Å². The van der Waals surface area contributed by atoms with Crippen molar-refractivity contribution in [3.8, 4) is 5.88 Å². The molecule has 3 nitrogen and oxygen atoms in total. The number of methoxy groups -OCH3 is 1. The number of aliphatic hydroxyl groups is 1. The Kier molecular flexibility index (Phi) is 3.43. The van der Waals surface area contributed by atoms with E-state index in [-0.39, 0.29) is 0 Å². The molecule has 84 valence electrons. The van der Waals surface area contributed by atoms with Gasteiger partial charge in [-0.3, -0.25) is 0 Å². The first-order valence-corrected chi connectivity index (χ1v) is 5.84. The third-order valence-corrected chi connectivity index (χ3v) is 3.38. The Morgan fingerprint density at radius 1 is 1.38 bits per heavy atom. The Morgan fingerprint density at radius 3 is 2.81 bits per heavy atom. The first-order valence-electron chi connectivity index (χ1n) is 4.65. The fourth-order valence-electron chi connectivity index (χ4n) is 1.32. The topological polar surface area (TPSA) is 42.4 Å². The first kappa shape index (κ1) is 11.4. The van der Waals surface area contributed by atoms with Crippen molar-refractivity contribution in [1.82, 2.24) is 4.98 Å². The number of ether oxygens (including phenoxy) is 1. The summed E-state index contributed by atoms with van der Waals surface area (Å²) in [5, 5.41) is 10.1. The quantitative estimate of drug-likeness (QED) is 0.917. The maximum atomic E-state index is 10.1. The molecule has 1 atom stereocenters. The van der Waals surface area contributed by atoms with E-state index in [0.29, 0.717) is 15.9 Å². The maximum Gasteiger partial charge on any atom is 0.213 e. The summed E-state index contributed by atoms with van der Waals surface area (Å²) < 4.78 is 5.65. The minimum absolute atomic E-state index is 0.485. The number of rotatable bonds is 3. The lowest BCUT2D eigenvalue weighted by Gasteiger charge is -2.08. The molecule has 16 heavy (non-hydrogen) atoms. The zero-order chi connectivity index (χ0) is 11.5. The third kappa shape index (κ3) is 2.35. The van der Waals surface area contributed by atoms with E-state index in [0.717, 1.165) is 4.88 Å². The molecular weight excluding hydrogens is 246 g/mol. The molecule has 0 aliphatic heterocycles. The van der Waals surface area contributed by atoms with E-state index in [1.165, 1.54) is 11.3 Å². The SMILES string of the molecule is COc1cccc(C(O)c2ccc(Cl)s2)n1. The fraction of sp³-hybridized carbons (Fsp3) is 0.182. The number of hydrogen-bond acceptors (Lipinski definition) is 4. The van der Waals surface area contributed by atoms with Crippen molar-refractivity contribution in [2.45, 2.75) is 6.10 Å². The lowest BCUT2D eigenvalue weighted by molar-refractivity contribution is 0.217. The molecule has 0 bridgehead atoms. The molecule has 0 aliphatic carbocycles. The summed E-state index contributed by atoms with van der Waals surface area (Å²) in [4.78, 5) is 4.94. The molecule has 2 rings (SSSR count). The van der Waals surface area contributed by atoms with Crippen molar-refractivity contribution in [2.75, 3.05) is 7.11 Å². The van der Waals surface area contributed by atoms with Gasteiger partial charge in [-0.2, -0.15) is 0 Å². The second-order valence-corrected chi connectivity index (χ2v) is 4.90. The number of halogens is 1. The highest BCUT2D eigenvalue weighted by Crippen LogP contribution is 2.30. The zero-order valence-corrected chi connectivity index (χ0v) is 10.1. The third-order valence-electron chi connectivity index (χ3n) is 2.10. The van der Waals surface area contributed by atoms with Crippen molar-refractivity contribution in [3.63, 3.8) is 0 Å². The highest BCUT2D eigenvalue weighted by molar-refractivity contribution is 7.16. The van der Waals surface area contributed by atoms with Gasteiger partial charge in [-0.05, 0) is 18.2 Å². The minimum Gasteiger partial charge on any atom is -0.481 e. The lowest BCUT2D eigenvalue weighted by atomic mass is 10.2. The van der Waals surface area contributed by atoms with Gasteiger partial charge in [0, 0.05) is 10.9 Å². The molecule has 0 amide bonds. The van der Waals surface area contributed by atoms with Gasteiger partial charge in [0.2, 0.25) is 5.88 Å². The Morgan fingerprint density at radius 2 is 2.19 bits per heavy atom. The van der Waals surface area contributed by atoms with Gasteiger partial charge >= 0.3 is 0 Å². The van der Waals surface area contributed by atoms with E-state index in [2.05, 4.69) is 4.98 Å². The molecule has 1 unspecified atom stereocenters. The lowest BCUT2D eigenvalue weighted by Crippen LogP contribution is -2.01. The molecule has 2 heterocycles. The van der Waals surface area contributed by atoms with Crippen LogP contribution in [0.3, 0.4) is 0 Å². The van der Waals surface area contributed by atoms with Crippen molar-refractivity contribution < 1.29 is 9.84 Å². The monoisotopic (exact) mass is 255 g/mol. The van der Waals surface area contributed by atoms with E-state index in [1.54, 1.807) is 37.4 Å². The molecular formula is C11H10ClNO2S. The van der Waals surface area contributed by atoms with Crippen molar-refractivity contribution in [2.24, 2.45) is 0 Å². The van der Waals surface area contributed by atoms with Crippen LogP contribution in [0, 0.1) is 0 Å². The number of thiophene rings is 1. The van der Waals surface area contributed by atoms with E-state index in [9.17, 15) is 5.11 Å². The molecule has 0 spiro atoms. The highest BCUT2D eigenvalue weighted by atomic mass is 35.5. The van der Waals surface area contributed by atoms with E-state index in [1.807, 2.05) is 0 Å². The average molecular weight is 256 g/mol. The molecule has 2 aromatic rings. The minimum atomic E-state index is -0.757. The van der Waals surface area contributed by atoms with Gasteiger partial charge in [-0.1, -0.05) is 17.7 Å². The average Bonchev–Trinajstić information content (AvgIpc) is 2.75. The van der Waals surface area contributed by atoms with Crippen molar-refractivity contribution in [1.29, 1.82) is 0 Å². The summed E-state index contributed by atoms with van der Waals surface area (Å²) in [5.74, 6) is 0.485. The summed E-state index contributed by atoms with van der Waals surface area (Å²) in [6, 6.07) is 8.82. The van der Waals surface area contributed by atoms with Gasteiger partial charge in [0.1, 0.15) is 6.10 Å². The van der Waals surface area contributed by atoms with Crippen LogP contribution < -0.4 is 4.74 Å². The van der Waals surface area contributed by atoms with E-state index < -0.39 is 6.10 Å². The van der Waals surface area contributed by atoms with Crippen LogP contribution in [0.5, 0.6) is 5.88 Å². The predicted octanol–water partition coefficient (Wildman–Crippen LogP) is 2.89. The molecule has 1 N–H and O–H groups in total. The fourth-order valence-corrected chi connectivity index (χ4v) is 2.38. The molecule has 0 aromatic carbocycles. The van der Waals surface area contributed by atoms with Gasteiger partial charge in [0.05, 0.1) is 17.1 Å². The molecule has 0 saturated heterocycles. The Bertz CT molecular complexity index is 486. The Hall–Kier alpha value is -1.10. The second-order valence-electron chi connectivity index (χ2n) is 3.15. The Balaban J connectivity index is 2.29. The van der Waals surface area contributed by atoms with Crippen LogP contribution in [-0.2, 0) is 0 Å². The van der Waals surface area contributed by atoms with Crippen LogP contribution >= 0.6 is 22.9 Å². The number of nitrogens with zero attached hydrogens (tertiary/aromatic N) is 1. The summed E-state index contributed by atoms with van der Waals surface area (Å²) in [7, 11) is 1.54. The van der Waals surface area contributed by atoms with Crippen LogP contribution in [-0.4, -0.2) is 17.2 Å². The molecule has 5 heteroatoms. The van der Waals surface area contributed by atoms with Crippen LogP contribution in [0.4, 0.5) is 0 Å². The van der Waals surface area contributed by atoms with Gasteiger partial charge in [0.25, 0.3) is 0 Å². The van der Waals surface area contributed by atoms with Crippen LogP contribution in [0.1, 0.15) is 16.7 Å².